The largest absolute Gasteiger partial charge is 0.339 e. The van der Waals surface area contributed by atoms with E-state index < -0.39 is 0 Å². The average molecular weight is 267 g/mol. The molecule has 0 aromatic heterocycles. The van der Waals surface area contributed by atoms with Gasteiger partial charge in [0.2, 0.25) is 5.91 Å². The average Bonchev–Trinajstić information content (AvgIpc) is 2.46. The third kappa shape index (κ3) is 4.46. The van der Waals surface area contributed by atoms with Gasteiger partial charge in [0.05, 0.1) is 6.54 Å². The standard InChI is InChI=1S/C15H29N3O/c1-3-13-5-4-6-14(11-13)16-12-15(19)18-9-7-17(2)8-10-18/h13-14,16H,3-12H2,1-2H3. The number of carbonyl (C=O) groups is 1. The van der Waals surface area contributed by atoms with Crippen molar-refractivity contribution in [2.75, 3.05) is 39.8 Å². The Morgan fingerprint density at radius 2 is 1.95 bits per heavy atom. The maximum absolute atomic E-state index is 12.1. The van der Waals surface area contributed by atoms with E-state index in [2.05, 4.69) is 24.2 Å². The molecular weight excluding hydrogens is 238 g/mol. The fraction of sp³-hybridized carbons (Fsp3) is 0.933. The Labute approximate surface area is 117 Å². The van der Waals surface area contributed by atoms with Crippen molar-refractivity contribution in [1.29, 1.82) is 0 Å². The summed E-state index contributed by atoms with van der Waals surface area (Å²) in [7, 11) is 2.12. The van der Waals surface area contributed by atoms with Crippen molar-refractivity contribution in [3.8, 4) is 0 Å². The molecule has 1 saturated carbocycles. The quantitative estimate of drug-likeness (QED) is 0.834. The number of likely N-dealkylation sites (N-methyl/N-ethyl adjacent to an activating group) is 1. The highest BCUT2D eigenvalue weighted by atomic mass is 16.2. The minimum atomic E-state index is 0.284. The summed E-state index contributed by atoms with van der Waals surface area (Å²) in [4.78, 5) is 16.4. The summed E-state index contributed by atoms with van der Waals surface area (Å²) in [6, 6.07) is 0.565. The minimum absolute atomic E-state index is 0.284. The SMILES string of the molecule is CCC1CCCC(NCC(=O)N2CCN(C)CC2)C1. The van der Waals surface area contributed by atoms with Gasteiger partial charge < -0.3 is 15.1 Å². The lowest BCUT2D eigenvalue weighted by Gasteiger charge is -2.34. The van der Waals surface area contributed by atoms with Crippen LogP contribution in [0.3, 0.4) is 0 Å². The van der Waals surface area contributed by atoms with Crippen LogP contribution in [0.2, 0.25) is 0 Å². The second-order valence-corrected chi connectivity index (χ2v) is 6.20. The van der Waals surface area contributed by atoms with Gasteiger partial charge in [-0.25, -0.2) is 0 Å². The molecule has 110 valence electrons. The molecule has 0 bridgehead atoms. The monoisotopic (exact) mass is 267 g/mol. The van der Waals surface area contributed by atoms with Crippen LogP contribution >= 0.6 is 0 Å². The second-order valence-electron chi connectivity index (χ2n) is 6.20. The van der Waals surface area contributed by atoms with E-state index in [4.69, 9.17) is 0 Å². The van der Waals surface area contributed by atoms with E-state index >= 15 is 0 Å². The summed E-state index contributed by atoms with van der Waals surface area (Å²) >= 11 is 0. The molecule has 1 aliphatic heterocycles. The first-order valence-corrected chi connectivity index (χ1v) is 7.88. The summed E-state index contributed by atoms with van der Waals surface area (Å²) in [5.41, 5.74) is 0. The Morgan fingerprint density at radius 3 is 2.63 bits per heavy atom. The highest BCUT2D eigenvalue weighted by Gasteiger charge is 2.23. The minimum Gasteiger partial charge on any atom is -0.339 e. The lowest BCUT2D eigenvalue weighted by molar-refractivity contribution is -0.132. The Balaban J connectivity index is 1.68. The predicted octanol–water partition coefficient (Wildman–Crippen LogP) is 1.32. The summed E-state index contributed by atoms with van der Waals surface area (Å²) < 4.78 is 0. The molecule has 0 aromatic carbocycles. The van der Waals surface area contributed by atoms with Crippen molar-refractivity contribution < 1.29 is 4.79 Å². The molecular formula is C15H29N3O. The number of nitrogens with zero attached hydrogens (tertiary/aromatic N) is 2. The van der Waals surface area contributed by atoms with Gasteiger partial charge in [-0.1, -0.05) is 26.2 Å². The van der Waals surface area contributed by atoms with Crippen LogP contribution in [0.25, 0.3) is 0 Å². The first kappa shape index (κ1) is 14.8. The number of rotatable bonds is 4. The van der Waals surface area contributed by atoms with E-state index in [1.807, 2.05) is 4.90 Å². The van der Waals surface area contributed by atoms with Crippen molar-refractivity contribution in [1.82, 2.24) is 15.1 Å². The third-order valence-corrected chi connectivity index (χ3v) is 4.76. The molecule has 0 spiro atoms. The molecule has 2 aliphatic rings. The van der Waals surface area contributed by atoms with Gasteiger partial charge in [-0.15, -0.1) is 0 Å². The molecule has 1 amide bonds. The van der Waals surface area contributed by atoms with Crippen molar-refractivity contribution >= 4 is 5.91 Å². The van der Waals surface area contributed by atoms with Crippen LogP contribution in [0, 0.1) is 5.92 Å². The van der Waals surface area contributed by atoms with Crippen molar-refractivity contribution in [3.63, 3.8) is 0 Å². The smallest absolute Gasteiger partial charge is 0.236 e. The molecule has 1 aliphatic carbocycles. The molecule has 0 aromatic rings. The third-order valence-electron chi connectivity index (χ3n) is 4.76. The fourth-order valence-corrected chi connectivity index (χ4v) is 3.25. The van der Waals surface area contributed by atoms with Crippen LogP contribution in [0.4, 0.5) is 0 Å². The Kier molecular flexibility index (Phi) is 5.64. The molecule has 2 unspecified atom stereocenters. The first-order valence-electron chi connectivity index (χ1n) is 7.88. The van der Waals surface area contributed by atoms with Crippen LogP contribution < -0.4 is 5.32 Å². The molecule has 19 heavy (non-hydrogen) atoms. The molecule has 1 N–H and O–H groups in total. The van der Waals surface area contributed by atoms with Crippen LogP contribution in [-0.2, 0) is 4.79 Å². The lowest BCUT2D eigenvalue weighted by atomic mass is 9.84. The van der Waals surface area contributed by atoms with Gasteiger partial charge in [0.25, 0.3) is 0 Å². The lowest BCUT2D eigenvalue weighted by Crippen LogP contribution is -2.50. The van der Waals surface area contributed by atoms with Crippen molar-refractivity contribution in [2.24, 2.45) is 5.92 Å². The summed E-state index contributed by atoms with van der Waals surface area (Å²) in [5.74, 6) is 1.15. The Hall–Kier alpha value is -0.610. The zero-order chi connectivity index (χ0) is 13.7. The van der Waals surface area contributed by atoms with E-state index in [1.54, 1.807) is 0 Å². The highest BCUT2D eigenvalue weighted by Crippen LogP contribution is 2.26. The van der Waals surface area contributed by atoms with Gasteiger partial charge >= 0.3 is 0 Å². The number of hydrogen-bond donors (Lipinski definition) is 1. The first-order chi connectivity index (χ1) is 9.19. The molecule has 0 radical (unpaired) electrons. The van der Waals surface area contributed by atoms with Crippen molar-refractivity contribution in [2.45, 2.75) is 45.1 Å². The van der Waals surface area contributed by atoms with Crippen molar-refractivity contribution in [3.05, 3.63) is 0 Å². The van der Waals surface area contributed by atoms with E-state index in [9.17, 15) is 4.79 Å². The van der Waals surface area contributed by atoms with E-state index in [0.717, 1.165) is 32.1 Å². The number of carbonyl (C=O) groups excluding carboxylic acids is 1. The number of piperazine rings is 1. The molecule has 4 nitrogen and oxygen atoms in total. The fourth-order valence-electron chi connectivity index (χ4n) is 3.25. The van der Waals surface area contributed by atoms with Crippen LogP contribution in [0.5, 0.6) is 0 Å². The van der Waals surface area contributed by atoms with Crippen LogP contribution in [-0.4, -0.2) is 61.5 Å². The van der Waals surface area contributed by atoms with E-state index in [0.29, 0.717) is 12.6 Å². The Morgan fingerprint density at radius 1 is 1.21 bits per heavy atom. The van der Waals surface area contributed by atoms with Gasteiger partial charge in [0, 0.05) is 32.2 Å². The van der Waals surface area contributed by atoms with Gasteiger partial charge in [0.15, 0.2) is 0 Å². The summed E-state index contributed by atoms with van der Waals surface area (Å²) in [5, 5.41) is 3.49. The van der Waals surface area contributed by atoms with E-state index in [1.165, 1.54) is 32.1 Å². The zero-order valence-corrected chi connectivity index (χ0v) is 12.5. The van der Waals surface area contributed by atoms with Crippen LogP contribution in [0.15, 0.2) is 0 Å². The van der Waals surface area contributed by atoms with Gasteiger partial charge in [-0.2, -0.15) is 0 Å². The molecule has 1 saturated heterocycles. The number of hydrogen-bond acceptors (Lipinski definition) is 3. The normalized spacial score (nSPS) is 29.5. The van der Waals surface area contributed by atoms with Gasteiger partial charge in [0.1, 0.15) is 0 Å². The second kappa shape index (κ2) is 7.25. The van der Waals surface area contributed by atoms with Gasteiger partial charge in [-0.3, -0.25) is 4.79 Å². The summed E-state index contributed by atoms with van der Waals surface area (Å²) in [6.45, 7) is 6.60. The molecule has 2 atom stereocenters. The van der Waals surface area contributed by atoms with Gasteiger partial charge in [-0.05, 0) is 25.8 Å². The molecule has 2 rings (SSSR count). The maximum atomic E-state index is 12.1. The van der Waals surface area contributed by atoms with E-state index in [-0.39, 0.29) is 5.91 Å². The number of nitrogens with one attached hydrogen (secondary N) is 1. The van der Waals surface area contributed by atoms with Crippen LogP contribution in [0.1, 0.15) is 39.0 Å². The molecule has 2 fully saturated rings. The maximum Gasteiger partial charge on any atom is 0.236 e. The molecule has 4 heteroatoms. The Bertz CT molecular complexity index is 287. The zero-order valence-electron chi connectivity index (χ0n) is 12.5. The molecule has 1 heterocycles. The topological polar surface area (TPSA) is 35.6 Å². The predicted molar refractivity (Wildman–Crippen MR) is 78.1 cm³/mol. The summed E-state index contributed by atoms with van der Waals surface area (Å²) in [6.07, 6.45) is 6.48. The number of amides is 1. The highest BCUT2D eigenvalue weighted by molar-refractivity contribution is 5.78.